The van der Waals surface area contributed by atoms with Gasteiger partial charge in [0.25, 0.3) is 0 Å². The van der Waals surface area contributed by atoms with E-state index in [0.717, 1.165) is 38.2 Å². The molecular weight excluding hydrogens is 310 g/mol. The summed E-state index contributed by atoms with van der Waals surface area (Å²) in [5.74, 6) is 0. The molecule has 3 rings (SSSR count). The molecular formula is C22H25NO2. The Kier molecular flexibility index (Phi) is 6.62. The van der Waals surface area contributed by atoms with Gasteiger partial charge in [-0.15, -0.1) is 0 Å². The van der Waals surface area contributed by atoms with E-state index in [4.69, 9.17) is 14.7 Å². The lowest BCUT2D eigenvalue weighted by molar-refractivity contribution is 0.113. The maximum Gasteiger partial charge on any atom is 0.104 e. The SMILES string of the molecule is N#Cc1ccc(-c2ccc(CCCCCCOCC3CO3)cc2)cc1. The fourth-order valence-corrected chi connectivity index (χ4v) is 2.87. The predicted molar refractivity (Wildman–Crippen MR) is 99.3 cm³/mol. The minimum Gasteiger partial charge on any atom is -0.379 e. The number of nitrogens with zero attached hydrogens (tertiary/aromatic N) is 1. The second-order valence-electron chi connectivity index (χ2n) is 6.58. The maximum absolute atomic E-state index is 8.86. The number of rotatable bonds is 10. The molecule has 0 aromatic heterocycles. The van der Waals surface area contributed by atoms with Crippen molar-refractivity contribution in [2.24, 2.45) is 0 Å². The summed E-state index contributed by atoms with van der Waals surface area (Å²) >= 11 is 0. The van der Waals surface area contributed by atoms with E-state index < -0.39 is 0 Å². The number of ether oxygens (including phenoxy) is 2. The van der Waals surface area contributed by atoms with E-state index >= 15 is 0 Å². The Labute approximate surface area is 150 Å². The molecule has 1 atom stereocenters. The van der Waals surface area contributed by atoms with Crippen LogP contribution in [0.3, 0.4) is 0 Å². The summed E-state index contributed by atoms with van der Waals surface area (Å²) < 4.78 is 10.7. The number of epoxide rings is 1. The number of unbranched alkanes of at least 4 members (excludes halogenated alkanes) is 3. The number of hydrogen-bond donors (Lipinski definition) is 0. The number of aryl methyl sites for hydroxylation is 1. The average Bonchev–Trinajstić information content (AvgIpc) is 3.49. The first-order valence-electron chi connectivity index (χ1n) is 9.14. The fourth-order valence-electron chi connectivity index (χ4n) is 2.87. The molecule has 0 bridgehead atoms. The van der Waals surface area contributed by atoms with Gasteiger partial charge in [0.05, 0.1) is 24.8 Å². The first-order chi connectivity index (χ1) is 12.3. The lowest BCUT2D eigenvalue weighted by Gasteiger charge is -2.06. The molecule has 0 amide bonds. The molecule has 1 aliphatic heterocycles. The van der Waals surface area contributed by atoms with E-state index in [1.807, 2.05) is 24.3 Å². The van der Waals surface area contributed by atoms with Gasteiger partial charge in [-0.05, 0) is 48.1 Å². The third-order valence-corrected chi connectivity index (χ3v) is 4.51. The normalized spacial score (nSPS) is 15.7. The first-order valence-corrected chi connectivity index (χ1v) is 9.14. The topological polar surface area (TPSA) is 45.5 Å². The van der Waals surface area contributed by atoms with Gasteiger partial charge in [-0.25, -0.2) is 0 Å². The highest BCUT2D eigenvalue weighted by Gasteiger charge is 2.21. The summed E-state index contributed by atoms with van der Waals surface area (Å²) in [6, 6.07) is 18.7. The van der Waals surface area contributed by atoms with Crippen LogP contribution in [0.1, 0.15) is 36.8 Å². The van der Waals surface area contributed by atoms with Crippen molar-refractivity contribution in [1.29, 1.82) is 5.26 Å². The Bertz CT molecular complexity index is 681. The van der Waals surface area contributed by atoms with Gasteiger partial charge in [0.1, 0.15) is 6.10 Å². The molecule has 1 saturated heterocycles. The summed E-state index contributed by atoms with van der Waals surface area (Å²) in [6.07, 6.45) is 6.36. The van der Waals surface area contributed by atoms with Crippen molar-refractivity contribution < 1.29 is 9.47 Å². The van der Waals surface area contributed by atoms with E-state index in [1.54, 1.807) is 0 Å². The van der Waals surface area contributed by atoms with Gasteiger partial charge in [0, 0.05) is 6.61 Å². The molecule has 0 N–H and O–H groups in total. The highest BCUT2D eigenvalue weighted by atomic mass is 16.6. The van der Waals surface area contributed by atoms with E-state index in [9.17, 15) is 0 Å². The van der Waals surface area contributed by atoms with Gasteiger partial charge in [-0.3, -0.25) is 0 Å². The van der Waals surface area contributed by atoms with Gasteiger partial charge in [-0.2, -0.15) is 5.26 Å². The summed E-state index contributed by atoms with van der Waals surface area (Å²) in [4.78, 5) is 0. The second-order valence-corrected chi connectivity index (χ2v) is 6.58. The highest BCUT2D eigenvalue weighted by molar-refractivity contribution is 5.64. The molecule has 3 nitrogen and oxygen atoms in total. The van der Waals surface area contributed by atoms with Gasteiger partial charge in [0.2, 0.25) is 0 Å². The monoisotopic (exact) mass is 335 g/mol. The van der Waals surface area contributed by atoms with Crippen molar-refractivity contribution in [2.75, 3.05) is 19.8 Å². The first kappa shape index (κ1) is 17.7. The zero-order valence-electron chi connectivity index (χ0n) is 14.6. The van der Waals surface area contributed by atoms with E-state index in [0.29, 0.717) is 11.7 Å². The molecule has 2 aromatic carbocycles. The predicted octanol–water partition coefficient (Wildman–Crippen LogP) is 4.74. The zero-order chi connectivity index (χ0) is 17.3. The standard InChI is InChI=1S/C22H25NO2/c23-15-19-8-12-21(13-9-19)20-10-6-18(7-11-20)5-3-1-2-4-14-24-16-22-17-25-22/h6-13,22H,1-5,14,16-17H2. The molecule has 1 heterocycles. The van der Waals surface area contributed by atoms with Crippen LogP contribution in [0.4, 0.5) is 0 Å². The second kappa shape index (κ2) is 9.36. The smallest absolute Gasteiger partial charge is 0.104 e. The largest absolute Gasteiger partial charge is 0.379 e. The van der Waals surface area contributed by atoms with Crippen LogP contribution in [0, 0.1) is 11.3 Å². The number of hydrogen-bond acceptors (Lipinski definition) is 3. The van der Waals surface area contributed by atoms with E-state index in [2.05, 4.69) is 30.3 Å². The van der Waals surface area contributed by atoms with Crippen LogP contribution < -0.4 is 0 Å². The molecule has 1 unspecified atom stereocenters. The summed E-state index contributed by atoms with van der Waals surface area (Å²) in [5, 5.41) is 8.86. The lowest BCUT2D eigenvalue weighted by Crippen LogP contribution is -2.02. The maximum atomic E-state index is 8.86. The van der Waals surface area contributed by atoms with Crippen molar-refractivity contribution in [3.63, 3.8) is 0 Å². The fraction of sp³-hybridized carbons (Fsp3) is 0.409. The van der Waals surface area contributed by atoms with Crippen LogP contribution in [-0.4, -0.2) is 25.9 Å². The van der Waals surface area contributed by atoms with Crippen molar-refractivity contribution in [2.45, 2.75) is 38.2 Å². The van der Waals surface area contributed by atoms with E-state index in [-0.39, 0.29) is 0 Å². The zero-order valence-corrected chi connectivity index (χ0v) is 14.6. The third-order valence-electron chi connectivity index (χ3n) is 4.51. The highest BCUT2D eigenvalue weighted by Crippen LogP contribution is 2.21. The number of nitriles is 1. The Hall–Kier alpha value is -2.15. The van der Waals surface area contributed by atoms with Crippen molar-refractivity contribution in [1.82, 2.24) is 0 Å². The van der Waals surface area contributed by atoms with Crippen molar-refractivity contribution >= 4 is 0 Å². The van der Waals surface area contributed by atoms with Gasteiger partial charge < -0.3 is 9.47 Å². The molecule has 3 heteroatoms. The van der Waals surface area contributed by atoms with Gasteiger partial charge in [0.15, 0.2) is 0 Å². The molecule has 0 radical (unpaired) electrons. The van der Waals surface area contributed by atoms with Crippen LogP contribution in [0.15, 0.2) is 48.5 Å². The minimum atomic E-state index is 0.382. The van der Waals surface area contributed by atoms with Crippen molar-refractivity contribution in [3.05, 3.63) is 59.7 Å². The lowest BCUT2D eigenvalue weighted by atomic mass is 10.0. The van der Waals surface area contributed by atoms with Crippen LogP contribution in [0.5, 0.6) is 0 Å². The minimum absolute atomic E-state index is 0.382. The van der Waals surface area contributed by atoms with Crippen LogP contribution in [-0.2, 0) is 15.9 Å². The van der Waals surface area contributed by atoms with E-state index in [1.165, 1.54) is 30.4 Å². The third kappa shape index (κ3) is 6.01. The van der Waals surface area contributed by atoms with Crippen LogP contribution >= 0.6 is 0 Å². The Morgan fingerprint density at radius 2 is 1.56 bits per heavy atom. The molecule has 1 aliphatic rings. The van der Waals surface area contributed by atoms with Crippen molar-refractivity contribution in [3.8, 4) is 17.2 Å². The van der Waals surface area contributed by atoms with Crippen LogP contribution in [0.2, 0.25) is 0 Å². The molecule has 0 saturated carbocycles. The Morgan fingerprint density at radius 1 is 0.920 bits per heavy atom. The van der Waals surface area contributed by atoms with Gasteiger partial charge >= 0.3 is 0 Å². The summed E-state index contributed by atoms with van der Waals surface area (Å²) in [5.41, 5.74) is 4.44. The quantitative estimate of drug-likeness (QED) is 0.465. The van der Waals surface area contributed by atoms with Gasteiger partial charge in [-0.1, -0.05) is 49.2 Å². The summed E-state index contributed by atoms with van der Waals surface area (Å²) in [7, 11) is 0. The Morgan fingerprint density at radius 3 is 2.20 bits per heavy atom. The Balaban J connectivity index is 1.33. The van der Waals surface area contributed by atoms with Crippen LogP contribution in [0.25, 0.3) is 11.1 Å². The molecule has 130 valence electrons. The molecule has 1 fully saturated rings. The average molecular weight is 335 g/mol. The molecule has 0 spiro atoms. The molecule has 0 aliphatic carbocycles. The molecule has 2 aromatic rings. The summed E-state index contributed by atoms with van der Waals surface area (Å²) in [6.45, 7) is 2.51. The molecule has 25 heavy (non-hydrogen) atoms. The number of benzene rings is 2.